The number of nitrogens with zero attached hydrogens (tertiary/aromatic N) is 3. The molecule has 2 aromatic carbocycles. The number of benzene rings is 2. The number of hydrogen-bond acceptors (Lipinski definition) is 5. The molecule has 7 nitrogen and oxygen atoms in total. The quantitative estimate of drug-likeness (QED) is 0.710. The highest BCUT2D eigenvalue weighted by molar-refractivity contribution is 5.93. The first kappa shape index (κ1) is 17.5. The van der Waals surface area contributed by atoms with Crippen molar-refractivity contribution in [3.8, 4) is 17.2 Å². The van der Waals surface area contributed by atoms with Crippen LogP contribution in [0.2, 0.25) is 0 Å². The first-order chi connectivity index (χ1) is 12.6. The van der Waals surface area contributed by atoms with Gasteiger partial charge in [-0.15, -0.1) is 5.10 Å². The molecule has 7 heteroatoms. The topological polar surface area (TPSA) is 89.3 Å². The van der Waals surface area contributed by atoms with Gasteiger partial charge in [-0.1, -0.05) is 23.4 Å². The Morgan fingerprint density at radius 3 is 2.81 bits per heavy atom. The minimum Gasteiger partial charge on any atom is -0.508 e. The molecule has 0 aliphatic carbocycles. The number of nitrogens with one attached hydrogen (secondary N) is 1. The van der Waals surface area contributed by atoms with E-state index in [4.69, 9.17) is 4.74 Å². The third kappa shape index (κ3) is 3.83. The largest absolute Gasteiger partial charge is 0.508 e. The Bertz CT molecular complexity index is 921. The number of hydrogen-bond donors (Lipinski definition) is 2. The maximum absolute atomic E-state index is 12.4. The van der Waals surface area contributed by atoms with E-state index in [2.05, 4.69) is 15.6 Å². The second-order valence-electron chi connectivity index (χ2n) is 5.81. The number of aromatic nitrogens is 3. The van der Waals surface area contributed by atoms with Crippen molar-refractivity contribution in [1.29, 1.82) is 0 Å². The Hall–Kier alpha value is -3.35. The average molecular weight is 352 g/mol. The van der Waals surface area contributed by atoms with E-state index in [1.54, 1.807) is 36.9 Å². The van der Waals surface area contributed by atoms with Crippen molar-refractivity contribution in [2.75, 3.05) is 13.7 Å². The normalized spacial score (nSPS) is 10.5. The number of rotatable bonds is 6. The van der Waals surface area contributed by atoms with Gasteiger partial charge in [0.1, 0.15) is 11.5 Å². The smallest absolute Gasteiger partial charge is 0.273 e. The van der Waals surface area contributed by atoms with Gasteiger partial charge in [-0.2, -0.15) is 0 Å². The zero-order valence-corrected chi connectivity index (χ0v) is 14.6. The fourth-order valence-electron chi connectivity index (χ4n) is 2.64. The van der Waals surface area contributed by atoms with E-state index in [0.29, 0.717) is 24.4 Å². The second-order valence-corrected chi connectivity index (χ2v) is 5.81. The van der Waals surface area contributed by atoms with E-state index in [-0.39, 0.29) is 17.4 Å². The average Bonchev–Trinajstić information content (AvgIpc) is 3.03. The molecule has 3 rings (SSSR count). The van der Waals surface area contributed by atoms with E-state index in [1.807, 2.05) is 30.3 Å². The Morgan fingerprint density at radius 1 is 1.23 bits per heavy atom. The second kappa shape index (κ2) is 7.69. The van der Waals surface area contributed by atoms with Crippen LogP contribution in [0.15, 0.2) is 48.5 Å². The zero-order chi connectivity index (χ0) is 18.5. The van der Waals surface area contributed by atoms with Gasteiger partial charge in [-0.3, -0.25) is 4.79 Å². The van der Waals surface area contributed by atoms with Crippen molar-refractivity contribution in [1.82, 2.24) is 20.3 Å². The Morgan fingerprint density at radius 2 is 2.04 bits per heavy atom. The van der Waals surface area contributed by atoms with Crippen molar-refractivity contribution in [2.24, 2.45) is 0 Å². The molecule has 0 unspecified atom stereocenters. The minimum absolute atomic E-state index is 0.214. The first-order valence-electron chi connectivity index (χ1n) is 8.21. The van der Waals surface area contributed by atoms with Gasteiger partial charge in [-0.25, -0.2) is 4.68 Å². The molecule has 1 amide bonds. The van der Waals surface area contributed by atoms with Crippen LogP contribution in [0.5, 0.6) is 11.5 Å². The maximum Gasteiger partial charge on any atom is 0.273 e. The van der Waals surface area contributed by atoms with E-state index in [0.717, 1.165) is 11.3 Å². The SMILES string of the molecule is COc1cccc(-n2nnc(C(=O)NCCc3cccc(O)c3)c2C)c1. The van der Waals surface area contributed by atoms with Gasteiger partial charge in [0.05, 0.1) is 18.5 Å². The minimum atomic E-state index is -0.281. The van der Waals surface area contributed by atoms with Gasteiger partial charge >= 0.3 is 0 Å². The van der Waals surface area contributed by atoms with Gasteiger partial charge < -0.3 is 15.2 Å². The number of ether oxygens (including phenoxy) is 1. The van der Waals surface area contributed by atoms with Crippen molar-refractivity contribution in [2.45, 2.75) is 13.3 Å². The predicted molar refractivity (Wildman–Crippen MR) is 96.8 cm³/mol. The Labute approximate surface area is 151 Å². The summed E-state index contributed by atoms with van der Waals surface area (Å²) in [6.45, 7) is 2.23. The third-order valence-corrected chi connectivity index (χ3v) is 4.02. The molecular weight excluding hydrogens is 332 g/mol. The molecule has 0 aliphatic rings. The number of aromatic hydroxyl groups is 1. The van der Waals surface area contributed by atoms with Gasteiger partial charge in [0.15, 0.2) is 5.69 Å². The molecule has 0 atom stereocenters. The molecule has 0 bridgehead atoms. The van der Waals surface area contributed by atoms with Crippen LogP contribution in [0.25, 0.3) is 5.69 Å². The Balaban J connectivity index is 1.67. The fraction of sp³-hybridized carbons (Fsp3) is 0.211. The summed E-state index contributed by atoms with van der Waals surface area (Å²) >= 11 is 0. The van der Waals surface area contributed by atoms with Crippen LogP contribution in [-0.2, 0) is 6.42 Å². The van der Waals surface area contributed by atoms with Crippen LogP contribution in [0.4, 0.5) is 0 Å². The summed E-state index contributed by atoms with van der Waals surface area (Å²) in [5.74, 6) is 0.636. The van der Waals surface area contributed by atoms with Crippen LogP contribution in [0.3, 0.4) is 0 Å². The molecule has 2 N–H and O–H groups in total. The summed E-state index contributed by atoms with van der Waals surface area (Å²) in [4.78, 5) is 12.4. The zero-order valence-electron chi connectivity index (χ0n) is 14.6. The van der Waals surface area contributed by atoms with Gasteiger partial charge in [-0.05, 0) is 43.2 Å². The predicted octanol–water partition coefficient (Wildman–Crippen LogP) is 2.26. The van der Waals surface area contributed by atoms with Gasteiger partial charge in [0, 0.05) is 12.6 Å². The number of carbonyl (C=O) groups is 1. The highest BCUT2D eigenvalue weighted by Crippen LogP contribution is 2.18. The lowest BCUT2D eigenvalue weighted by Crippen LogP contribution is -2.26. The fourth-order valence-corrected chi connectivity index (χ4v) is 2.64. The Kier molecular flexibility index (Phi) is 5.17. The lowest BCUT2D eigenvalue weighted by molar-refractivity contribution is 0.0948. The van der Waals surface area contributed by atoms with Crippen molar-refractivity contribution < 1.29 is 14.6 Å². The molecule has 0 radical (unpaired) electrons. The molecule has 0 fully saturated rings. The lowest BCUT2D eigenvalue weighted by atomic mass is 10.1. The van der Waals surface area contributed by atoms with Crippen molar-refractivity contribution in [3.05, 3.63) is 65.5 Å². The summed E-state index contributed by atoms with van der Waals surface area (Å²) in [6, 6.07) is 14.3. The molecular formula is C19H20N4O3. The molecule has 3 aromatic rings. The van der Waals surface area contributed by atoms with Crippen LogP contribution in [0, 0.1) is 6.92 Å². The molecule has 0 aliphatic heterocycles. The van der Waals surface area contributed by atoms with Crippen molar-refractivity contribution in [3.63, 3.8) is 0 Å². The third-order valence-electron chi connectivity index (χ3n) is 4.02. The summed E-state index contributed by atoms with van der Waals surface area (Å²) < 4.78 is 6.82. The highest BCUT2D eigenvalue weighted by atomic mass is 16.5. The lowest BCUT2D eigenvalue weighted by Gasteiger charge is -2.07. The van der Waals surface area contributed by atoms with Crippen LogP contribution in [0.1, 0.15) is 21.7 Å². The molecule has 134 valence electrons. The highest BCUT2D eigenvalue weighted by Gasteiger charge is 2.17. The van der Waals surface area contributed by atoms with E-state index in [1.165, 1.54) is 0 Å². The summed E-state index contributed by atoms with van der Waals surface area (Å²) in [5, 5.41) is 20.4. The van der Waals surface area contributed by atoms with E-state index < -0.39 is 0 Å². The molecule has 0 saturated heterocycles. The summed E-state index contributed by atoms with van der Waals surface area (Å²) in [6.07, 6.45) is 0.614. The number of phenolic OH excluding ortho intramolecular Hbond substituents is 1. The monoisotopic (exact) mass is 352 g/mol. The molecule has 0 spiro atoms. The van der Waals surface area contributed by atoms with E-state index >= 15 is 0 Å². The van der Waals surface area contributed by atoms with Crippen molar-refractivity contribution >= 4 is 5.91 Å². The number of carbonyl (C=O) groups excluding carboxylic acids is 1. The van der Waals surface area contributed by atoms with Gasteiger partial charge in [0.2, 0.25) is 0 Å². The number of amides is 1. The molecule has 0 saturated carbocycles. The maximum atomic E-state index is 12.4. The summed E-state index contributed by atoms with van der Waals surface area (Å²) in [7, 11) is 1.60. The molecule has 26 heavy (non-hydrogen) atoms. The molecule has 1 heterocycles. The standard InChI is InChI=1S/C19H20N4O3/c1-13-18(19(25)20-10-9-14-5-3-7-16(24)11-14)21-22-23(13)15-6-4-8-17(12-15)26-2/h3-8,11-12,24H,9-10H2,1-2H3,(H,20,25). The number of methoxy groups -OCH3 is 1. The molecule has 1 aromatic heterocycles. The van der Waals surface area contributed by atoms with Gasteiger partial charge in [0.25, 0.3) is 5.91 Å². The summed E-state index contributed by atoms with van der Waals surface area (Å²) in [5.41, 5.74) is 2.65. The number of phenols is 1. The van der Waals surface area contributed by atoms with Crippen LogP contribution in [-0.4, -0.2) is 39.7 Å². The van der Waals surface area contributed by atoms with Crippen LogP contribution >= 0.6 is 0 Å². The first-order valence-corrected chi connectivity index (χ1v) is 8.21. The van der Waals surface area contributed by atoms with E-state index in [9.17, 15) is 9.90 Å². The van der Waals surface area contributed by atoms with Crippen LogP contribution < -0.4 is 10.1 Å².